The number of carbonyl (C=O) groups is 2. The maximum atomic E-state index is 11.4. The SMILES string of the molecule is CCC(C)(CO)NC(=O)C(N)CC(=O)O. The molecule has 0 aromatic carbocycles. The van der Waals surface area contributed by atoms with E-state index in [0.29, 0.717) is 6.42 Å². The molecule has 0 aliphatic carbocycles. The number of hydrogen-bond donors (Lipinski definition) is 4. The number of carboxylic acid groups (broad SMARTS) is 1. The molecule has 0 rings (SSSR count). The Balaban J connectivity index is 4.28. The van der Waals surface area contributed by atoms with Gasteiger partial charge in [0.15, 0.2) is 0 Å². The topological polar surface area (TPSA) is 113 Å². The lowest BCUT2D eigenvalue weighted by atomic mass is 9.99. The van der Waals surface area contributed by atoms with E-state index in [4.69, 9.17) is 15.9 Å². The van der Waals surface area contributed by atoms with Gasteiger partial charge >= 0.3 is 5.97 Å². The Kier molecular flexibility index (Phi) is 5.24. The second kappa shape index (κ2) is 5.67. The zero-order chi connectivity index (χ0) is 12.1. The second-order valence-electron chi connectivity index (χ2n) is 3.77. The molecule has 0 aromatic rings. The monoisotopic (exact) mass is 218 g/mol. The smallest absolute Gasteiger partial charge is 0.305 e. The summed E-state index contributed by atoms with van der Waals surface area (Å²) in [6, 6.07) is -1.08. The lowest BCUT2D eigenvalue weighted by molar-refractivity contribution is -0.139. The van der Waals surface area contributed by atoms with E-state index in [-0.39, 0.29) is 6.61 Å². The van der Waals surface area contributed by atoms with E-state index in [9.17, 15) is 9.59 Å². The predicted molar refractivity (Wildman–Crippen MR) is 54.2 cm³/mol. The Hall–Kier alpha value is -1.14. The van der Waals surface area contributed by atoms with Crippen LogP contribution in [0.3, 0.4) is 0 Å². The van der Waals surface area contributed by atoms with Gasteiger partial charge < -0.3 is 21.3 Å². The number of nitrogens with one attached hydrogen (secondary N) is 1. The van der Waals surface area contributed by atoms with Crippen molar-refractivity contribution in [1.82, 2.24) is 5.32 Å². The fourth-order valence-electron chi connectivity index (χ4n) is 0.911. The van der Waals surface area contributed by atoms with Crippen molar-refractivity contribution in [3.05, 3.63) is 0 Å². The molecule has 0 bridgehead atoms. The summed E-state index contributed by atoms with van der Waals surface area (Å²) in [6.45, 7) is 3.26. The summed E-state index contributed by atoms with van der Waals surface area (Å²) in [5, 5.41) is 20.0. The Morgan fingerprint density at radius 1 is 1.53 bits per heavy atom. The molecule has 6 nitrogen and oxygen atoms in total. The molecule has 6 heteroatoms. The molecule has 0 aliphatic heterocycles. The van der Waals surface area contributed by atoms with Crippen molar-refractivity contribution in [1.29, 1.82) is 0 Å². The number of aliphatic hydroxyl groups excluding tert-OH is 1. The Morgan fingerprint density at radius 2 is 2.07 bits per heavy atom. The van der Waals surface area contributed by atoms with E-state index < -0.39 is 29.9 Å². The van der Waals surface area contributed by atoms with Crippen LogP contribution in [0, 0.1) is 0 Å². The van der Waals surface area contributed by atoms with Crippen molar-refractivity contribution < 1.29 is 19.8 Å². The third-order valence-corrected chi connectivity index (χ3v) is 2.29. The standard InChI is InChI=1S/C9H18N2O4/c1-3-9(2,5-12)11-8(15)6(10)4-7(13)14/h6,12H,3-5,10H2,1-2H3,(H,11,15)(H,13,14). The molecule has 0 aliphatic rings. The average Bonchev–Trinajstić information content (AvgIpc) is 2.16. The molecule has 15 heavy (non-hydrogen) atoms. The average molecular weight is 218 g/mol. The molecule has 0 saturated heterocycles. The quantitative estimate of drug-likeness (QED) is 0.460. The maximum absolute atomic E-state index is 11.4. The van der Waals surface area contributed by atoms with Crippen molar-refractivity contribution in [2.45, 2.75) is 38.3 Å². The highest BCUT2D eigenvalue weighted by molar-refractivity contribution is 5.86. The molecule has 1 amide bonds. The summed E-state index contributed by atoms with van der Waals surface area (Å²) >= 11 is 0. The minimum atomic E-state index is -1.13. The Morgan fingerprint density at radius 3 is 2.40 bits per heavy atom. The number of hydrogen-bond acceptors (Lipinski definition) is 4. The maximum Gasteiger partial charge on any atom is 0.305 e. The summed E-state index contributed by atoms with van der Waals surface area (Å²) < 4.78 is 0. The van der Waals surface area contributed by atoms with E-state index in [0.717, 1.165) is 0 Å². The van der Waals surface area contributed by atoms with Gasteiger partial charge in [0, 0.05) is 0 Å². The lowest BCUT2D eigenvalue weighted by Crippen LogP contribution is -2.54. The molecule has 0 radical (unpaired) electrons. The van der Waals surface area contributed by atoms with Crippen molar-refractivity contribution >= 4 is 11.9 Å². The number of rotatable bonds is 6. The molecule has 0 aromatic heterocycles. The number of amides is 1. The third-order valence-electron chi connectivity index (χ3n) is 2.29. The van der Waals surface area contributed by atoms with Gasteiger partial charge in [-0.25, -0.2) is 0 Å². The van der Waals surface area contributed by atoms with Crippen LogP contribution < -0.4 is 11.1 Å². The van der Waals surface area contributed by atoms with E-state index in [1.54, 1.807) is 13.8 Å². The van der Waals surface area contributed by atoms with E-state index in [1.807, 2.05) is 0 Å². The van der Waals surface area contributed by atoms with Crippen LogP contribution in [0.4, 0.5) is 0 Å². The highest BCUT2D eigenvalue weighted by Gasteiger charge is 2.26. The van der Waals surface area contributed by atoms with Gasteiger partial charge in [-0.3, -0.25) is 9.59 Å². The number of aliphatic carboxylic acids is 1. The summed E-state index contributed by atoms with van der Waals surface area (Å²) in [4.78, 5) is 21.7. The molecule has 0 saturated carbocycles. The van der Waals surface area contributed by atoms with Gasteiger partial charge in [0.1, 0.15) is 0 Å². The van der Waals surface area contributed by atoms with Crippen LogP contribution >= 0.6 is 0 Å². The molecule has 0 heterocycles. The predicted octanol–water partition coefficient (Wildman–Crippen LogP) is -0.934. The summed E-state index contributed by atoms with van der Waals surface area (Å²) in [6.07, 6.45) is 0.117. The summed E-state index contributed by atoms with van der Waals surface area (Å²) in [5.74, 6) is -1.68. The largest absolute Gasteiger partial charge is 0.481 e. The van der Waals surface area contributed by atoms with Crippen LogP contribution in [0.25, 0.3) is 0 Å². The highest BCUT2D eigenvalue weighted by Crippen LogP contribution is 2.07. The van der Waals surface area contributed by atoms with Gasteiger partial charge in [0.25, 0.3) is 0 Å². The van der Waals surface area contributed by atoms with Gasteiger partial charge in [-0.1, -0.05) is 6.92 Å². The molecular weight excluding hydrogens is 200 g/mol. The number of carboxylic acids is 1. The Labute approximate surface area is 88.5 Å². The number of carbonyl (C=O) groups excluding carboxylic acids is 1. The van der Waals surface area contributed by atoms with Crippen LogP contribution in [0.1, 0.15) is 26.7 Å². The molecule has 88 valence electrons. The first-order valence-electron chi connectivity index (χ1n) is 4.75. The first-order chi connectivity index (χ1) is 6.84. The van der Waals surface area contributed by atoms with Gasteiger partial charge in [-0.15, -0.1) is 0 Å². The first-order valence-corrected chi connectivity index (χ1v) is 4.75. The summed E-state index contributed by atoms with van der Waals surface area (Å²) in [7, 11) is 0. The van der Waals surface area contributed by atoms with Gasteiger partial charge in [-0.2, -0.15) is 0 Å². The van der Waals surface area contributed by atoms with Crippen molar-refractivity contribution in [3.8, 4) is 0 Å². The molecular formula is C9H18N2O4. The van der Waals surface area contributed by atoms with Crippen LogP contribution in [0.5, 0.6) is 0 Å². The van der Waals surface area contributed by atoms with Crippen LogP contribution in [0.15, 0.2) is 0 Å². The molecule has 0 spiro atoms. The van der Waals surface area contributed by atoms with Crippen molar-refractivity contribution in [3.63, 3.8) is 0 Å². The van der Waals surface area contributed by atoms with E-state index in [1.165, 1.54) is 0 Å². The van der Waals surface area contributed by atoms with Gasteiger partial charge in [0.2, 0.25) is 5.91 Å². The van der Waals surface area contributed by atoms with Crippen molar-refractivity contribution in [2.75, 3.05) is 6.61 Å². The molecule has 5 N–H and O–H groups in total. The fourth-order valence-corrected chi connectivity index (χ4v) is 0.911. The first kappa shape index (κ1) is 13.9. The van der Waals surface area contributed by atoms with Gasteiger partial charge in [0.05, 0.1) is 24.6 Å². The van der Waals surface area contributed by atoms with Crippen molar-refractivity contribution in [2.24, 2.45) is 5.73 Å². The lowest BCUT2D eigenvalue weighted by Gasteiger charge is -2.28. The van der Waals surface area contributed by atoms with E-state index in [2.05, 4.69) is 5.32 Å². The molecule has 2 atom stereocenters. The minimum absolute atomic E-state index is 0.213. The fraction of sp³-hybridized carbons (Fsp3) is 0.778. The van der Waals surface area contributed by atoms with Crippen LogP contribution in [-0.4, -0.2) is 40.3 Å². The molecule has 2 unspecified atom stereocenters. The number of nitrogens with two attached hydrogens (primary N) is 1. The zero-order valence-electron chi connectivity index (χ0n) is 8.99. The normalized spacial score (nSPS) is 16.5. The van der Waals surface area contributed by atoms with Crippen LogP contribution in [0.2, 0.25) is 0 Å². The van der Waals surface area contributed by atoms with Gasteiger partial charge in [-0.05, 0) is 13.3 Å². The summed E-state index contributed by atoms with van der Waals surface area (Å²) in [5.41, 5.74) is 4.62. The molecule has 0 fully saturated rings. The number of aliphatic hydroxyl groups is 1. The minimum Gasteiger partial charge on any atom is -0.481 e. The highest BCUT2D eigenvalue weighted by atomic mass is 16.4. The zero-order valence-corrected chi connectivity index (χ0v) is 8.99. The van der Waals surface area contributed by atoms with E-state index >= 15 is 0 Å². The third kappa shape index (κ3) is 4.75. The van der Waals surface area contributed by atoms with Crippen LogP contribution in [-0.2, 0) is 9.59 Å². The second-order valence-corrected chi connectivity index (χ2v) is 3.77. The Bertz CT molecular complexity index is 238.